The second kappa shape index (κ2) is 8.64. The number of nitrogens with zero attached hydrogens (tertiary/aromatic N) is 1. The number of hydrogen-bond donors (Lipinski definition) is 1. The maximum absolute atomic E-state index is 12.2. The third-order valence-electron chi connectivity index (χ3n) is 3.08. The summed E-state index contributed by atoms with van der Waals surface area (Å²) >= 11 is 1.69. The normalized spacial score (nSPS) is 11.9. The highest BCUT2D eigenvalue weighted by Gasteiger charge is 2.25. The molecule has 1 aromatic rings. The summed E-state index contributed by atoms with van der Waals surface area (Å²) in [4.78, 5) is 24.8. The molecule has 4 nitrogen and oxygen atoms in total. The molecule has 1 N–H and O–H groups in total. The lowest BCUT2D eigenvalue weighted by molar-refractivity contribution is -0.150. The van der Waals surface area contributed by atoms with Crippen molar-refractivity contribution in [3.8, 4) is 0 Å². The maximum atomic E-state index is 12.2. The number of carbonyl (C=O) groups is 2. The van der Waals surface area contributed by atoms with E-state index < -0.39 is 12.0 Å². The van der Waals surface area contributed by atoms with Crippen LogP contribution in [0.4, 0.5) is 0 Å². The van der Waals surface area contributed by atoms with Crippen LogP contribution in [0.2, 0.25) is 0 Å². The van der Waals surface area contributed by atoms with Gasteiger partial charge in [-0.3, -0.25) is 4.79 Å². The Hall–Kier alpha value is -1.49. The fourth-order valence-corrected chi connectivity index (χ4v) is 2.30. The monoisotopic (exact) mass is 295 g/mol. The van der Waals surface area contributed by atoms with Gasteiger partial charge in [0.05, 0.1) is 0 Å². The van der Waals surface area contributed by atoms with Crippen molar-refractivity contribution < 1.29 is 14.7 Å². The van der Waals surface area contributed by atoms with Crippen LogP contribution in [-0.4, -0.2) is 39.9 Å². The Morgan fingerprint density at radius 1 is 1.30 bits per heavy atom. The summed E-state index contributed by atoms with van der Waals surface area (Å²) in [5, 5.41) is 9.15. The van der Waals surface area contributed by atoms with Crippen LogP contribution in [0.1, 0.15) is 25.3 Å². The Morgan fingerprint density at radius 2 is 1.95 bits per heavy atom. The highest BCUT2D eigenvalue weighted by molar-refractivity contribution is 7.98. The van der Waals surface area contributed by atoms with Crippen molar-refractivity contribution in [3.05, 3.63) is 35.9 Å². The molecule has 1 rings (SSSR count). The zero-order valence-corrected chi connectivity index (χ0v) is 12.7. The largest absolute Gasteiger partial charge is 0.480 e. The molecule has 0 bridgehead atoms. The maximum Gasteiger partial charge on any atom is 0.326 e. The molecule has 0 aliphatic carbocycles. The fourth-order valence-electron chi connectivity index (χ4n) is 1.87. The SMILES string of the molecule is CSCCCC(=O)N(Cc1ccccc1)C(C)C(=O)O. The molecule has 1 aromatic carbocycles. The van der Waals surface area contributed by atoms with Crippen molar-refractivity contribution >= 4 is 23.6 Å². The Bertz CT molecular complexity index is 436. The molecule has 0 heterocycles. The van der Waals surface area contributed by atoms with E-state index in [9.17, 15) is 9.59 Å². The summed E-state index contributed by atoms with van der Waals surface area (Å²) in [5.74, 6) is -0.163. The van der Waals surface area contributed by atoms with Crippen LogP contribution < -0.4 is 0 Å². The van der Waals surface area contributed by atoms with Gasteiger partial charge in [0.15, 0.2) is 0 Å². The van der Waals surface area contributed by atoms with Gasteiger partial charge >= 0.3 is 5.97 Å². The van der Waals surface area contributed by atoms with Crippen LogP contribution >= 0.6 is 11.8 Å². The first-order chi connectivity index (χ1) is 9.56. The smallest absolute Gasteiger partial charge is 0.326 e. The van der Waals surface area contributed by atoms with Gasteiger partial charge < -0.3 is 10.0 Å². The molecule has 1 amide bonds. The first-order valence-electron chi connectivity index (χ1n) is 6.61. The number of carboxylic acids is 1. The van der Waals surface area contributed by atoms with Crippen molar-refractivity contribution in [1.29, 1.82) is 0 Å². The summed E-state index contributed by atoms with van der Waals surface area (Å²) in [6, 6.07) is 8.66. The minimum atomic E-state index is -0.973. The lowest BCUT2D eigenvalue weighted by Gasteiger charge is -2.26. The number of amides is 1. The van der Waals surface area contributed by atoms with E-state index in [1.54, 1.807) is 18.7 Å². The molecule has 1 unspecified atom stereocenters. The molecular formula is C15H21NO3S. The quantitative estimate of drug-likeness (QED) is 0.749. The van der Waals surface area contributed by atoms with Gasteiger partial charge in [-0.15, -0.1) is 0 Å². The summed E-state index contributed by atoms with van der Waals surface area (Å²) in [6.45, 7) is 1.89. The molecular weight excluding hydrogens is 274 g/mol. The Morgan fingerprint density at radius 3 is 2.50 bits per heavy atom. The molecule has 0 fully saturated rings. The standard InChI is InChI=1S/C15H21NO3S/c1-12(15(18)19)16(14(17)9-6-10-20-2)11-13-7-4-3-5-8-13/h3-5,7-8,12H,6,9-11H2,1-2H3,(H,18,19). The van der Waals surface area contributed by atoms with Crippen molar-refractivity contribution in [2.75, 3.05) is 12.0 Å². The topological polar surface area (TPSA) is 57.6 Å². The number of carbonyl (C=O) groups excluding carboxylic acids is 1. The highest BCUT2D eigenvalue weighted by Crippen LogP contribution is 2.12. The van der Waals surface area contributed by atoms with Crippen LogP contribution in [0.15, 0.2) is 30.3 Å². The first kappa shape index (κ1) is 16.6. The number of rotatable bonds is 8. The van der Waals surface area contributed by atoms with Crippen LogP contribution in [0.3, 0.4) is 0 Å². The average molecular weight is 295 g/mol. The van der Waals surface area contributed by atoms with Crippen molar-refractivity contribution in [1.82, 2.24) is 4.90 Å². The van der Waals surface area contributed by atoms with Gasteiger partial charge in [-0.1, -0.05) is 30.3 Å². The van der Waals surface area contributed by atoms with Gasteiger partial charge in [0.1, 0.15) is 6.04 Å². The van der Waals surface area contributed by atoms with Crippen molar-refractivity contribution in [2.45, 2.75) is 32.4 Å². The van der Waals surface area contributed by atoms with E-state index in [0.717, 1.165) is 17.7 Å². The second-order valence-electron chi connectivity index (χ2n) is 4.62. The third kappa shape index (κ3) is 5.25. The molecule has 0 aromatic heterocycles. The molecule has 0 saturated heterocycles. The summed E-state index contributed by atoms with van der Waals surface area (Å²) in [7, 11) is 0. The molecule has 0 aliphatic heterocycles. The Balaban J connectivity index is 2.74. The first-order valence-corrected chi connectivity index (χ1v) is 8.00. The molecule has 0 saturated carbocycles. The molecule has 0 radical (unpaired) electrons. The van der Waals surface area contributed by atoms with Crippen LogP contribution in [0.5, 0.6) is 0 Å². The van der Waals surface area contributed by atoms with Crippen molar-refractivity contribution in [2.24, 2.45) is 0 Å². The Kier molecular flexibility index (Phi) is 7.15. The zero-order valence-electron chi connectivity index (χ0n) is 11.9. The summed E-state index contributed by atoms with van der Waals surface area (Å²) in [6.07, 6.45) is 3.16. The fraction of sp³-hybridized carbons (Fsp3) is 0.467. The van der Waals surface area contributed by atoms with Gasteiger partial charge in [0, 0.05) is 13.0 Å². The predicted molar refractivity (Wildman–Crippen MR) is 81.7 cm³/mol. The molecule has 1 atom stereocenters. The molecule has 20 heavy (non-hydrogen) atoms. The minimum Gasteiger partial charge on any atom is -0.480 e. The summed E-state index contributed by atoms with van der Waals surface area (Å²) in [5.41, 5.74) is 0.943. The lowest BCUT2D eigenvalue weighted by atomic mass is 10.1. The van der Waals surface area contributed by atoms with E-state index in [0.29, 0.717) is 13.0 Å². The van der Waals surface area contributed by atoms with E-state index in [4.69, 9.17) is 5.11 Å². The van der Waals surface area contributed by atoms with Crippen LogP contribution in [-0.2, 0) is 16.1 Å². The third-order valence-corrected chi connectivity index (χ3v) is 3.78. The van der Waals surface area contributed by atoms with E-state index in [1.165, 1.54) is 4.90 Å². The second-order valence-corrected chi connectivity index (χ2v) is 5.60. The van der Waals surface area contributed by atoms with E-state index in [-0.39, 0.29) is 5.91 Å². The van der Waals surface area contributed by atoms with Gasteiger partial charge in [-0.05, 0) is 30.9 Å². The van der Waals surface area contributed by atoms with E-state index in [2.05, 4.69) is 0 Å². The van der Waals surface area contributed by atoms with Crippen LogP contribution in [0, 0.1) is 0 Å². The number of hydrogen-bond acceptors (Lipinski definition) is 3. The molecule has 0 spiro atoms. The van der Waals surface area contributed by atoms with E-state index >= 15 is 0 Å². The number of carboxylic acid groups (broad SMARTS) is 1. The summed E-state index contributed by atoms with van der Waals surface area (Å²) < 4.78 is 0. The Labute approximate surface area is 124 Å². The predicted octanol–water partition coefficient (Wildman–Crippen LogP) is 2.63. The number of aliphatic carboxylic acids is 1. The van der Waals surface area contributed by atoms with Crippen LogP contribution in [0.25, 0.3) is 0 Å². The van der Waals surface area contributed by atoms with Crippen molar-refractivity contribution in [3.63, 3.8) is 0 Å². The van der Waals surface area contributed by atoms with Gasteiger partial charge in [-0.2, -0.15) is 11.8 Å². The molecule has 110 valence electrons. The lowest BCUT2D eigenvalue weighted by Crippen LogP contribution is -2.42. The molecule has 0 aliphatic rings. The average Bonchev–Trinajstić information content (AvgIpc) is 2.45. The van der Waals surface area contributed by atoms with Gasteiger partial charge in [0.25, 0.3) is 0 Å². The number of thioether (sulfide) groups is 1. The van der Waals surface area contributed by atoms with E-state index in [1.807, 2.05) is 36.6 Å². The highest BCUT2D eigenvalue weighted by atomic mass is 32.2. The van der Waals surface area contributed by atoms with Gasteiger partial charge in [-0.25, -0.2) is 4.79 Å². The molecule has 5 heteroatoms. The van der Waals surface area contributed by atoms with Gasteiger partial charge in [0.2, 0.25) is 5.91 Å². The zero-order chi connectivity index (χ0) is 15.0. The minimum absolute atomic E-state index is 0.0993. The number of benzene rings is 1.